The molecule has 0 spiro atoms. The zero-order valence-corrected chi connectivity index (χ0v) is 18.0. The first-order valence-electron chi connectivity index (χ1n) is 9.88. The van der Waals surface area contributed by atoms with E-state index >= 15 is 0 Å². The minimum atomic E-state index is -3.43. The van der Waals surface area contributed by atoms with Gasteiger partial charge in [0.2, 0.25) is 0 Å². The topological polar surface area (TPSA) is 30.7 Å². The Morgan fingerprint density at radius 1 is 0.600 bits per heavy atom. The Labute approximate surface area is 180 Å². The Bertz CT molecular complexity index is 1190. The van der Waals surface area contributed by atoms with Crippen molar-refractivity contribution < 1.29 is 0 Å². The van der Waals surface area contributed by atoms with Crippen molar-refractivity contribution in [2.75, 3.05) is 0 Å². The molecule has 5 aromatic rings. The second kappa shape index (κ2) is 7.36. The molecule has 0 N–H and O–H groups in total. The summed E-state index contributed by atoms with van der Waals surface area (Å²) in [5.74, 6) is -3.43. The number of rotatable bonds is 5. The molecule has 148 valence electrons. The van der Waals surface area contributed by atoms with Crippen molar-refractivity contribution >= 4 is 44.1 Å². The molecule has 0 bridgehead atoms. The quantitative estimate of drug-likeness (QED) is 0.365. The first-order valence-corrected chi connectivity index (χ1v) is 13.2. The third kappa shape index (κ3) is 2.86. The van der Waals surface area contributed by atoms with E-state index in [1.807, 2.05) is 47.1 Å². The number of halogens is 1. The van der Waals surface area contributed by atoms with Gasteiger partial charge < -0.3 is 0 Å². The number of fused-ring (bicyclic) bond motifs is 1. The molecular weight excluding hydrogens is 409 g/mol. The molecule has 1 aromatic heterocycles. The number of hydrogen-bond donors (Lipinski definition) is 0. The molecule has 0 amide bonds. The Kier molecular flexibility index (Phi) is 4.66. The van der Waals surface area contributed by atoms with E-state index in [0.717, 1.165) is 26.9 Å². The van der Waals surface area contributed by atoms with Crippen molar-refractivity contribution in [3.05, 3.63) is 115 Å². The summed E-state index contributed by atoms with van der Waals surface area (Å²) >= 11 is 8.11. The van der Waals surface area contributed by atoms with Gasteiger partial charge in [0.1, 0.15) is 0 Å². The predicted molar refractivity (Wildman–Crippen MR) is 129 cm³/mol. The summed E-state index contributed by atoms with van der Waals surface area (Å²) in [6.07, 6.45) is 0.520. The molecule has 0 radical (unpaired) electrons. The van der Waals surface area contributed by atoms with Crippen LogP contribution in [0.1, 0.15) is 0 Å². The molecule has 30 heavy (non-hydrogen) atoms. The first-order chi connectivity index (χ1) is 14.7. The van der Waals surface area contributed by atoms with Crippen LogP contribution in [0, 0.1) is 0 Å². The molecular formula is C25H21ClN3P. The van der Waals surface area contributed by atoms with Crippen LogP contribution >= 0.6 is 17.2 Å². The molecule has 0 unspecified atom stereocenters. The predicted octanol–water partition coefficient (Wildman–Crippen LogP) is 5.07. The normalized spacial score (nSPS) is 13.0. The summed E-state index contributed by atoms with van der Waals surface area (Å²) in [6, 6.07) is 39.3. The number of aromatic nitrogens is 3. The fraction of sp³-hybridized carbons (Fsp3) is 0.0400. The van der Waals surface area contributed by atoms with Crippen LogP contribution in [0.3, 0.4) is 0 Å². The monoisotopic (exact) mass is 429 g/mol. The van der Waals surface area contributed by atoms with E-state index in [4.69, 9.17) is 11.2 Å². The molecule has 0 aliphatic rings. The zero-order valence-electron chi connectivity index (χ0n) is 16.3. The molecule has 3 nitrogen and oxygen atoms in total. The van der Waals surface area contributed by atoms with Crippen molar-refractivity contribution in [1.82, 2.24) is 15.0 Å². The van der Waals surface area contributed by atoms with Gasteiger partial charge in [0, 0.05) is 0 Å². The van der Waals surface area contributed by atoms with Crippen molar-refractivity contribution in [1.29, 1.82) is 0 Å². The molecule has 4 aromatic carbocycles. The van der Waals surface area contributed by atoms with E-state index in [0.29, 0.717) is 6.29 Å². The maximum atomic E-state index is 8.11. The van der Waals surface area contributed by atoms with Crippen LogP contribution in [0.25, 0.3) is 11.0 Å². The SMILES string of the molecule is ClP(Cn1nnc2ccccc21)(c1ccccc1)(c1ccccc1)c1ccccc1. The fourth-order valence-corrected chi connectivity index (χ4v) is 9.98. The van der Waals surface area contributed by atoms with Crippen molar-refractivity contribution in [3.63, 3.8) is 0 Å². The van der Waals surface area contributed by atoms with E-state index < -0.39 is 5.96 Å². The van der Waals surface area contributed by atoms with Crippen LogP contribution in [0.2, 0.25) is 0 Å². The van der Waals surface area contributed by atoms with Gasteiger partial charge in [-0.25, -0.2) is 0 Å². The summed E-state index contributed by atoms with van der Waals surface area (Å²) in [6.45, 7) is 0. The number of para-hydroxylation sites is 1. The number of nitrogens with zero attached hydrogens (tertiary/aromatic N) is 3. The number of benzene rings is 4. The van der Waals surface area contributed by atoms with Gasteiger partial charge in [-0.2, -0.15) is 0 Å². The van der Waals surface area contributed by atoms with Crippen molar-refractivity contribution in [3.8, 4) is 0 Å². The summed E-state index contributed by atoms with van der Waals surface area (Å²) in [5.41, 5.74) is 1.85. The van der Waals surface area contributed by atoms with Gasteiger partial charge in [0.05, 0.1) is 0 Å². The van der Waals surface area contributed by atoms with E-state index in [2.05, 4.69) is 83.1 Å². The molecule has 0 saturated carbocycles. The second-order valence-electron chi connectivity index (χ2n) is 7.41. The van der Waals surface area contributed by atoms with Gasteiger partial charge in [-0.3, -0.25) is 0 Å². The Hall–Kier alpha value is -3.00. The van der Waals surface area contributed by atoms with Gasteiger partial charge >= 0.3 is 181 Å². The maximum absolute atomic E-state index is 8.11. The van der Waals surface area contributed by atoms with Gasteiger partial charge in [-0.1, -0.05) is 0 Å². The summed E-state index contributed by atoms with van der Waals surface area (Å²) in [5, 5.41) is 12.2. The van der Waals surface area contributed by atoms with Gasteiger partial charge in [-0.15, -0.1) is 0 Å². The molecule has 1 heterocycles. The van der Waals surface area contributed by atoms with Gasteiger partial charge in [-0.05, 0) is 0 Å². The first kappa shape index (κ1) is 19.0. The average Bonchev–Trinajstić information content (AvgIpc) is 3.23. The standard InChI is InChI=1S/C25H21ClN3P/c26-30(21-12-4-1-5-13-21,22-14-6-2-7-15-22,23-16-8-3-9-17-23)20-29-25-19-11-10-18-24(25)27-28-29/h1-19H,20H2. The minimum absolute atomic E-state index is 0.520. The van der Waals surface area contributed by atoms with Crippen LogP contribution in [0.15, 0.2) is 115 Å². The van der Waals surface area contributed by atoms with Crippen LogP contribution in [-0.2, 0) is 6.29 Å². The second-order valence-corrected chi connectivity index (χ2v) is 13.8. The molecule has 0 aliphatic carbocycles. The van der Waals surface area contributed by atoms with Crippen molar-refractivity contribution in [2.45, 2.75) is 6.29 Å². The van der Waals surface area contributed by atoms with Gasteiger partial charge in [0.15, 0.2) is 0 Å². The van der Waals surface area contributed by atoms with Gasteiger partial charge in [0.25, 0.3) is 0 Å². The Balaban J connectivity index is 1.88. The molecule has 0 atom stereocenters. The third-order valence-electron chi connectivity index (χ3n) is 5.70. The molecule has 5 rings (SSSR count). The molecule has 5 heteroatoms. The van der Waals surface area contributed by atoms with Crippen LogP contribution < -0.4 is 15.9 Å². The Morgan fingerprint density at radius 3 is 1.53 bits per heavy atom. The van der Waals surface area contributed by atoms with Crippen LogP contribution in [0.4, 0.5) is 0 Å². The molecule has 0 aliphatic heterocycles. The molecule has 0 saturated heterocycles. The average molecular weight is 430 g/mol. The molecule has 0 fully saturated rings. The van der Waals surface area contributed by atoms with Crippen molar-refractivity contribution in [2.24, 2.45) is 0 Å². The summed E-state index contributed by atoms with van der Waals surface area (Å²) < 4.78 is 1.97. The summed E-state index contributed by atoms with van der Waals surface area (Å²) in [7, 11) is 0. The van der Waals surface area contributed by atoms with E-state index in [1.54, 1.807) is 0 Å². The Morgan fingerprint density at radius 2 is 1.03 bits per heavy atom. The zero-order chi connectivity index (χ0) is 20.5. The summed E-state index contributed by atoms with van der Waals surface area (Å²) in [4.78, 5) is 0. The number of hydrogen-bond acceptors (Lipinski definition) is 2. The van der Waals surface area contributed by atoms with E-state index in [1.165, 1.54) is 0 Å². The van der Waals surface area contributed by atoms with E-state index in [9.17, 15) is 0 Å². The van der Waals surface area contributed by atoms with Crippen LogP contribution in [-0.4, -0.2) is 15.0 Å². The van der Waals surface area contributed by atoms with E-state index in [-0.39, 0.29) is 0 Å². The van der Waals surface area contributed by atoms with Crippen LogP contribution in [0.5, 0.6) is 0 Å². The fourth-order valence-electron chi connectivity index (χ4n) is 4.18. The third-order valence-corrected chi connectivity index (χ3v) is 12.7.